The third-order valence-corrected chi connectivity index (χ3v) is 2.77. The van der Waals surface area contributed by atoms with E-state index in [1.807, 2.05) is 6.08 Å². The van der Waals surface area contributed by atoms with E-state index in [9.17, 15) is 4.79 Å². The Morgan fingerprint density at radius 2 is 1.59 bits per heavy atom. The lowest BCUT2D eigenvalue weighted by molar-refractivity contribution is -0.132. The van der Waals surface area contributed by atoms with Crippen LogP contribution in [0.4, 0.5) is 0 Å². The van der Waals surface area contributed by atoms with E-state index in [0.717, 1.165) is 38.5 Å². The molecule has 0 fully saturated rings. The minimum atomic E-state index is -0.730. The van der Waals surface area contributed by atoms with Crippen molar-refractivity contribution >= 4 is 18.4 Å². The molecule has 2 nitrogen and oxygen atoms in total. The lowest BCUT2D eigenvalue weighted by atomic mass is 10.0. The first kappa shape index (κ1) is 18.9. The van der Waals surface area contributed by atoms with Gasteiger partial charge in [0.15, 0.2) is 0 Å². The predicted molar refractivity (Wildman–Crippen MR) is 75.9 cm³/mol. The van der Waals surface area contributed by atoms with E-state index in [1.54, 1.807) is 0 Å². The molecule has 3 heteroatoms. The van der Waals surface area contributed by atoms with Gasteiger partial charge in [-0.3, -0.25) is 0 Å². The van der Waals surface area contributed by atoms with Crippen molar-refractivity contribution < 1.29 is 9.90 Å². The molecule has 0 rings (SSSR count). The van der Waals surface area contributed by atoms with Crippen molar-refractivity contribution in [1.82, 2.24) is 0 Å². The highest BCUT2D eigenvalue weighted by atomic mass is 35.5. The van der Waals surface area contributed by atoms with Gasteiger partial charge in [0.1, 0.15) is 0 Å². The zero-order chi connectivity index (χ0) is 12.2. The van der Waals surface area contributed by atoms with Gasteiger partial charge in [0.25, 0.3) is 0 Å². The van der Waals surface area contributed by atoms with Crippen molar-refractivity contribution in [3.63, 3.8) is 0 Å². The van der Waals surface area contributed by atoms with Gasteiger partial charge in [-0.25, -0.2) is 4.79 Å². The molecule has 0 aromatic heterocycles. The van der Waals surface area contributed by atoms with E-state index in [2.05, 4.69) is 13.8 Å². The molecule has 0 saturated carbocycles. The lowest BCUT2D eigenvalue weighted by Gasteiger charge is -2.02. The quantitative estimate of drug-likeness (QED) is 0.446. The molecule has 0 amide bonds. The van der Waals surface area contributed by atoms with Gasteiger partial charge in [0.05, 0.1) is 0 Å². The molecule has 0 aliphatic carbocycles. The highest BCUT2D eigenvalue weighted by Gasteiger charge is 2.05. The first-order valence-electron chi connectivity index (χ1n) is 6.64. The van der Waals surface area contributed by atoms with Crippen molar-refractivity contribution in [2.75, 3.05) is 0 Å². The van der Waals surface area contributed by atoms with Crippen LogP contribution in [0.15, 0.2) is 11.6 Å². The van der Waals surface area contributed by atoms with Crippen LogP contribution >= 0.6 is 12.4 Å². The minimum Gasteiger partial charge on any atom is -0.478 e. The Hall–Kier alpha value is -0.500. The summed E-state index contributed by atoms with van der Waals surface area (Å²) in [4.78, 5) is 10.9. The molecule has 0 aromatic rings. The molecule has 0 saturated heterocycles. The molecule has 0 radical (unpaired) electrons. The number of unbranched alkanes of at least 4 members (excludes halogenated alkanes) is 6. The fraction of sp³-hybridized carbons (Fsp3) is 0.786. The number of halogens is 1. The van der Waals surface area contributed by atoms with Gasteiger partial charge < -0.3 is 5.11 Å². The maximum atomic E-state index is 10.9. The van der Waals surface area contributed by atoms with Crippen molar-refractivity contribution in [2.45, 2.75) is 71.6 Å². The molecule has 0 aliphatic rings. The van der Waals surface area contributed by atoms with E-state index < -0.39 is 5.97 Å². The second kappa shape index (κ2) is 13.6. The summed E-state index contributed by atoms with van der Waals surface area (Å²) in [7, 11) is 0. The maximum absolute atomic E-state index is 10.9. The van der Waals surface area contributed by atoms with Crippen molar-refractivity contribution in [2.24, 2.45) is 0 Å². The summed E-state index contributed by atoms with van der Waals surface area (Å²) in [5, 5.41) is 9.01. The summed E-state index contributed by atoms with van der Waals surface area (Å²) in [5.74, 6) is -0.730. The second-order valence-electron chi connectivity index (χ2n) is 4.34. The van der Waals surface area contributed by atoms with E-state index in [1.165, 1.54) is 19.3 Å². The van der Waals surface area contributed by atoms with Crippen LogP contribution in [0.25, 0.3) is 0 Å². The number of carbonyl (C=O) groups is 1. The number of rotatable bonds is 10. The van der Waals surface area contributed by atoms with Crippen molar-refractivity contribution in [1.29, 1.82) is 0 Å². The van der Waals surface area contributed by atoms with Crippen LogP contribution in [-0.4, -0.2) is 11.1 Å². The molecule has 0 unspecified atom stereocenters. The number of carboxylic acid groups (broad SMARTS) is 1. The summed E-state index contributed by atoms with van der Waals surface area (Å²) in [5.41, 5.74) is 0.616. The maximum Gasteiger partial charge on any atom is 0.331 e. The highest BCUT2D eigenvalue weighted by molar-refractivity contribution is 5.86. The predicted octanol–water partition coefficient (Wildman–Crippen LogP) is 4.97. The Kier molecular flexibility index (Phi) is 15.0. The number of hydrogen-bond donors (Lipinski definition) is 1. The Labute approximate surface area is 112 Å². The van der Waals surface area contributed by atoms with Gasteiger partial charge in [-0.05, 0) is 25.7 Å². The lowest BCUT2D eigenvalue weighted by Crippen LogP contribution is -2.00. The monoisotopic (exact) mass is 262 g/mol. The van der Waals surface area contributed by atoms with Gasteiger partial charge in [0.2, 0.25) is 0 Å². The standard InChI is InChI=1S/C14H26O2.ClH/c1-3-5-7-8-10-12-13(14(15)16)11-9-6-4-2;/h12H,3-11H2,1-2H3,(H,15,16);1H/b13-12+;. The number of aliphatic carboxylic acids is 1. The first-order chi connectivity index (χ1) is 7.72. The number of carboxylic acids is 1. The third-order valence-electron chi connectivity index (χ3n) is 2.77. The van der Waals surface area contributed by atoms with Gasteiger partial charge in [-0.15, -0.1) is 12.4 Å². The van der Waals surface area contributed by atoms with E-state index in [4.69, 9.17) is 5.11 Å². The molecule has 0 aromatic carbocycles. The van der Waals surface area contributed by atoms with E-state index in [-0.39, 0.29) is 12.4 Å². The molecule has 1 N–H and O–H groups in total. The normalized spacial score (nSPS) is 11.1. The molecule has 17 heavy (non-hydrogen) atoms. The zero-order valence-electron chi connectivity index (χ0n) is 11.2. The van der Waals surface area contributed by atoms with Crippen LogP contribution in [0.3, 0.4) is 0 Å². The summed E-state index contributed by atoms with van der Waals surface area (Å²) in [6.07, 6.45) is 11.7. The van der Waals surface area contributed by atoms with Gasteiger partial charge >= 0.3 is 5.97 Å². The molecule has 0 aliphatic heterocycles. The zero-order valence-corrected chi connectivity index (χ0v) is 12.0. The average Bonchev–Trinajstić information content (AvgIpc) is 2.26. The Morgan fingerprint density at radius 1 is 1.00 bits per heavy atom. The smallest absolute Gasteiger partial charge is 0.331 e. The number of allylic oxidation sites excluding steroid dienone is 1. The Balaban J connectivity index is 0. The largest absolute Gasteiger partial charge is 0.478 e. The summed E-state index contributed by atoms with van der Waals surface area (Å²) < 4.78 is 0. The van der Waals surface area contributed by atoms with E-state index in [0.29, 0.717) is 5.57 Å². The summed E-state index contributed by atoms with van der Waals surface area (Å²) >= 11 is 0. The molecular formula is C14H27ClO2. The Bertz CT molecular complexity index is 212. The third kappa shape index (κ3) is 11.8. The van der Waals surface area contributed by atoms with Crippen LogP contribution < -0.4 is 0 Å². The SMILES string of the molecule is CCCCCC/C=C(\CCCCC)C(=O)O.Cl. The van der Waals surface area contributed by atoms with Gasteiger partial charge in [-0.2, -0.15) is 0 Å². The molecule has 0 heterocycles. The van der Waals surface area contributed by atoms with E-state index >= 15 is 0 Å². The topological polar surface area (TPSA) is 37.3 Å². The molecule has 0 atom stereocenters. The van der Waals surface area contributed by atoms with Crippen LogP contribution in [0.2, 0.25) is 0 Å². The minimum absolute atomic E-state index is 0. The number of hydrogen-bond acceptors (Lipinski definition) is 1. The van der Waals surface area contributed by atoms with Crippen molar-refractivity contribution in [3.05, 3.63) is 11.6 Å². The van der Waals surface area contributed by atoms with Gasteiger partial charge in [0, 0.05) is 5.57 Å². The van der Waals surface area contributed by atoms with Crippen LogP contribution in [-0.2, 0) is 4.79 Å². The fourth-order valence-electron chi connectivity index (χ4n) is 1.71. The molecule has 0 bridgehead atoms. The summed E-state index contributed by atoms with van der Waals surface area (Å²) in [6.45, 7) is 4.32. The Morgan fingerprint density at radius 3 is 2.12 bits per heavy atom. The second-order valence-corrected chi connectivity index (χ2v) is 4.34. The molecule has 102 valence electrons. The van der Waals surface area contributed by atoms with Crippen LogP contribution in [0, 0.1) is 0 Å². The molecule has 0 spiro atoms. The van der Waals surface area contributed by atoms with Crippen LogP contribution in [0.5, 0.6) is 0 Å². The highest BCUT2D eigenvalue weighted by Crippen LogP contribution is 2.12. The van der Waals surface area contributed by atoms with Crippen LogP contribution in [0.1, 0.15) is 71.6 Å². The summed E-state index contributed by atoms with van der Waals surface area (Å²) in [6, 6.07) is 0. The van der Waals surface area contributed by atoms with Gasteiger partial charge in [-0.1, -0.05) is 52.0 Å². The first-order valence-corrected chi connectivity index (χ1v) is 6.64. The molecular weight excluding hydrogens is 236 g/mol. The fourth-order valence-corrected chi connectivity index (χ4v) is 1.71. The average molecular weight is 263 g/mol. The van der Waals surface area contributed by atoms with Crippen molar-refractivity contribution in [3.8, 4) is 0 Å².